The molecule has 0 radical (unpaired) electrons. The number of unbranched alkanes of at least 4 members (excludes halogenated alkanes) is 10. The van der Waals surface area contributed by atoms with Crippen LogP contribution >= 0.6 is 0 Å². The minimum Gasteiger partial charge on any atom is -0.461 e. The number of aliphatic hydroxyl groups is 8. The minimum absolute atomic E-state index is 0.216. The van der Waals surface area contributed by atoms with Crippen LogP contribution in [0.5, 0.6) is 0 Å². The van der Waals surface area contributed by atoms with E-state index in [1.807, 2.05) is 6.92 Å². The third-order valence-corrected chi connectivity index (χ3v) is 9.75. The number of hydrogen-bond acceptors (Lipinski definition) is 15. The molecule has 0 aromatic carbocycles. The summed E-state index contributed by atoms with van der Waals surface area (Å²) in [6.45, 7) is 2.30. The second-order valence-corrected chi connectivity index (χ2v) is 13.5. The monoisotopic (exact) mass is 694 g/mol. The average molecular weight is 695 g/mol. The lowest BCUT2D eigenvalue weighted by atomic mass is 9.89. The second kappa shape index (κ2) is 20.4. The Morgan fingerprint density at radius 3 is 1.65 bits per heavy atom. The molecule has 280 valence electrons. The Kier molecular flexibility index (Phi) is 17.4. The van der Waals surface area contributed by atoms with E-state index in [9.17, 15) is 50.4 Å². The summed E-state index contributed by atoms with van der Waals surface area (Å²) in [5.41, 5.74) is 0. The summed E-state index contributed by atoms with van der Waals surface area (Å²) in [5, 5.41) is 78.6. The number of carbonyl (C=O) groups is 2. The van der Waals surface area contributed by atoms with Crippen molar-refractivity contribution in [2.24, 2.45) is 11.8 Å². The Balaban J connectivity index is 1.21. The van der Waals surface area contributed by atoms with Crippen molar-refractivity contribution in [3.8, 4) is 0 Å². The molecule has 0 saturated carbocycles. The topological polar surface area (TPSA) is 242 Å². The molecule has 3 rings (SSSR count). The molecule has 0 aromatic heterocycles. The van der Waals surface area contributed by atoms with E-state index in [2.05, 4.69) is 0 Å². The Labute approximate surface area is 282 Å². The largest absolute Gasteiger partial charge is 0.461 e. The number of rotatable bonds is 20. The van der Waals surface area contributed by atoms with Gasteiger partial charge in [0.25, 0.3) is 0 Å². The van der Waals surface area contributed by atoms with Crippen LogP contribution in [0.3, 0.4) is 0 Å². The lowest BCUT2D eigenvalue weighted by Gasteiger charge is -2.40. The van der Waals surface area contributed by atoms with Crippen molar-refractivity contribution in [3.63, 3.8) is 0 Å². The zero-order chi connectivity index (χ0) is 35.4. The highest BCUT2D eigenvalue weighted by molar-refractivity contribution is 5.85. The molecule has 3 aliphatic rings. The van der Waals surface area contributed by atoms with Crippen LogP contribution in [0.1, 0.15) is 97.3 Å². The highest BCUT2D eigenvalue weighted by Gasteiger charge is 2.50. The molecule has 0 aliphatic carbocycles. The first-order valence-electron chi connectivity index (χ1n) is 17.6. The fourth-order valence-corrected chi connectivity index (χ4v) is 6.60. The van der Waals surface area contributed by atoms with Gasteiger partial charge in [-0.3, -0.25) is 9.59 Å². The smallest absolute Gasteiger partial charge is 0.315 e. The summed E-state index contributed by atoms with van der Waals surface area (Å²) in [6, 6.07) is 0. The van der Waals surface area contributed by atoms with Crippen LogP contribution in [-0.2, 0) is 33.3 Å². The van der Waals surface area contributed by atoms with Gasteiger partial charge in [-0.2, -0.15) is 0 Å². The van der Waals surface area contributed by atoms with E-state index in [-0.39, 0.29) is 6.10 Å². The maximum atomic E-state index is 13.0. The normalized spacial score (nSPS) is 37.7. The Morgan fingerprint density at radius 2 is 1.12 bits per heavy atom. The third kappa shape index (κ3) is 11.3. The highest BCUT2D eigenvalue weighted by Crippen LogP contribution is 2.34. The summed E-state index contributed by atoms with van der Waals surface area (Å²) in [4.78, 5) is 25.3. The number of esters is 2. The summed E-state index contributed by atoms with van der Waals surface area (Å²) >= 11 is 0. The first-order chi connectivity index (χ1) is 22.9. The summed E-state index contributed by atoms with van der Waals surface area (Å²) in [6.07, 6.45) is -2.36. The van der Waals surface area contributed by atoms with Gasteiger partial charge in [-0.25, -0.2) is 0 Å². The van der Waals surface area contributed by atoms with Crippen LogP contribution in [0.4, 0.5) is 0 Å². The molecule has 14 unspecified atom stereocenters. The highest BCUT2D eigenvalue weighted by atomic mass is 16.7. The van der Waals surface area contributed by atoms with Crippen LogP contribution < -0.4 is 0 Å². The van der Waals surface area contributed by atoms with E-state index in [0.29, 0.717) is 6.42 Å². The summed E-state index contributed by atoms with van der Waals surface area (Å²) < 4.78 is 27.1. The molecule has 3 aliphatic heterocycles. The quantitative estimate of drug-likeness (QED) is 0.0607. The molecular weight excluding hydrogens is 636 g/mol. The predicted octanol–water partition coefficient (Wildman–Crippen LogP) is -0.216. The molecule has 48 heavy (non-hydrogen) atoms. The van der Waals surface area contributed by atoms with E-state index in [4.69, 9.17) is 23.7 Å². The van der Waals surface area contributed by atoms with Crippen LogP contribution in [-0.4, -0.2) is 140 Å². The number of aliphatic hydroxyl groups excluding tert-OH is 8. The Morgan fingerprint density at radius 1 is 0.667 bits per heavy atom. The SMILES string of the molecule is CC(CCCCCCCCCCCCCC1OC(=O)C(C)C1C(=O)OC1OC(CO)C(O)C(O)C1O)OC1OC(CO)C(O)C(O)C1O. The van der Waals surface area contributed by atoms with Crippen molar-refractivity contribution >= 4 is 11.9 Å². The lowest BCUT2D eigenvalue weighted by molar-refractivity contribution is -0.310. The van der Waals surface area contributed by atoms with Crippen molar-refractivity contribution < 1.29 is 74.1 Å². The van der Waals surface area contributed by atoms with Crippen LogP contribution in [0.2, 0.25) is 0 Å². The molecule has 15 heteroatoms. The molecule has 3 fully saturated rings. The van der Waals surface area contributed by atoms with Crippen molar-refractivity contribution in [2.75, 3.05) is 13.2 Å². The molecule has 3 saturated heterocycles. The van der Waals surface area contributed by atoms with Gasteiger partial charge in [0.05, 0.1) is 25.2 Å². The van der Waals surface area contributed by atoms with Gasteiger partial charge in [0, 0.05) is 0 Å². The first kappa shape index (κ1) is 40.9. The van der Waals surface area contributed by atoms with Gasteiger partial charge >= 0.3 is 11.9 Å². The van der Waals surface area contributed by atoms with Gasteiger partial charge in [0.2, 0.25) is 6.29 Å². The van der Waals surface area contributed by atoms with Crippen molar-refractivity contribution in [1.29, 1.82) is 0 Å². The zero-order valence-corrected chi connectivity index (χ0v) is 28.1. The van der Waals surface area contributed by atoms with Gasteiger partial charge in [0.1, 0.15) is 60.9 Å². The summed E-state index contributed by atoms with van der Waals surface area (Å²) in [7, 11) is 0. The van der Waals surface area contributed by atoms with Gasteiger partial charge in [-0.15, -0.1) is 0 Å². The van der Waals surface area contributed by atoms with E-state index in [1.54, 1.807) is 6.92 Å². The van der Waals surface area contributed by atoms with Crippen molar-refractivity contribution in [2.45, 2.75) is 171 Å². The van der Waals surface area contributed by atoms with E-state index in [1.165, 1.54) is 0 Å². The first-order valence-corrected chi connectivity index (χ1v) is 17.6. The average Bonchev–Trinajstić information content (AvgIpc) is 3.35. The molecule has 0 bridgehead atoms. The molecule has 0 aromatic rings. The maximum absolute atomic E-state index is 13.0. The lowest BCUT2D eigenvalue weighted by Crippen LogP contribution is -2.59. The molecule has 0 spiro atoms. The Bertz CT molecular complexity index is 950. The Hall–Kier alpha value is -1.50. The molecular formula is C33H58O15. The van der Waals surface area contributed by atoms with Crippen LogP contribution in [0.25, 0.3) is 0 Å². The molecule has 0 amide bonds. The van der Waals surface area contributed by atoms with Gasteiger partial charge in [0.15, 0.2) is 6.29 Å². The zero-order valence-electron chi connectivity index (χ0n) is 28.1. The predicted molar refractivity (Wildman–Crippen MR) is 167 cm³/mol. The van der Waals surface area contributed by atoms with Crippen LogP contribution in [0, 0.1) is 11.8 Å². The number of hydrogen-bond donors (Lipinski definition) is 8. The van der Waals surface area contributed by atoms with Gasteiger partial charge in [-0.1, -0.05) is 71.1 Å². The molecule has 14 atom stereocenters. The van der Waals surface area contributed by atoms with Gasteiger partial charge < -0.3 is 64.5 Å². The molecule has 15 nitrogen and oxygen atoms in total. The number of carbonyl (C=O) groups excluding carboxylic acids is 2. The fraction of sp³-hybridized carbons (Fsp3) is 0.939. The summed E-state index contributed by atoms with van der Waals surface area (Å²) in [5.74, 6) is -2.96. The van der Waals surface area contributed by atoms with Crippen molar-refractivity contribution in [1.82, 2.24) is 0 Å². The maximum Gasteiger partial charge on any atom is 0.315 e. The van der Waals surface area contributed by atoms with Crippen molar-refractivity contribution in [3.05, 3.63) is 0 Å². The van der Waals surface area contributed by atoms with E-state index >= 15 is 0 Å². The third-order valence-electron chi connectivity index (χ3n) is 9.75. The second-order valence-electron chi connectivity index (χ2n) is 13.5. The van der Waals surface area contributed by atoms with Gasteiger partial charge in [-0.05, 0) is 26.2 Å². The molecule has 3 heterocycles. The number of ether oxygens (including phenoxy) is 5. The fourth-order valence-electron chi connectivity index (χ4n) is 6.60. The number of cyclic esters (lactones) is 1. The van der Waals surface area contributed by atoms with Crippen LogP contribution in [0.15, 0.2) is 0 Å². The minimum atomic E-state index is -1.72. The molecule has 8 N–H and O–H groups in total. The van der Waals surface area contributed by atoms with E-state index in [0.717, 1.165) is 77.0 Å². The standard InChI is InChI=1S/C33H58O15/c1-18(44-32-28(40)26(38)24(36)21(16-34)46-32)14-12-10-8-6-4-3-5-7-9-11-13-15-20-23(19(2)30(42)45-20)31(43)48-33-29(41)27(39)25(37)22(17-35)47-33/h18-29,32-41H,3-17H2,1-2H3. The van der Waals surface area contributed by atoms with E-state index < -0.39 is 105 Å².